The molecule has 2 unspecified atom stereocenters. The molecule has 1 aliphatic rings. The van der Waals surface area contributed by atoms with Gasteiger partial charge in [-0.1, -0.05) is 0 Å². The molecular formula is C24H20N8O4S. The number of morpholine rings is 1. The Morgan fingerprint density at radius 1 is 1.35 bits per heavy atom. The fourth-order valence-electron chi connectivity index (χ4n) is 3.97. The van der Waals surface area contributed by atoms with E-state index >= 15 is 0 Å². The van der Waals surface area contributed by atoms with Crippen molar-refractivity contribution in [1.29, 1.82) is 10.7 Å². The van der Waals surface area contributed by atoms with Crippen molar-refractivity contribution in [2.24, 2.45) is 0 Å². The molecule has 0 bridgehead atoms. The van der Waals surface area contributed by atoms with Gasteiger partial charge in [0, 0.05) is 17.3 Å². The Morgan fingerprint density at radius 2 is 2.14 bits per heavy atom. The Kier molecular flexibility index (Phi) is 6.36. The fourth-order valence-corrected chi connectivity index (χ4v) is 4.82. The molecule has 1 saturated heterocycles. The number of fused-ring (bicyclic) bond motifs is 3. The number of carbonyl (C=O) groups excluding carboxylic acids is 1. The summed E-state index contributed by atoms with van der Waals surface area (Å²) in [5.74, 6) is -0.564. The molecule has 1 aliphatic heterocycles. The van der Waals surface area contributed by atoms with Gasteiger partial charge in [0.05, 0.1) is 40.4 Å². The summed E-state index contributed by atoms with van der Waals surface area (Å²) >= 11 is 1.08. The van der Waals surface area contributed by atoms with Gasteiger partial charge in [-0.25, -0.2) is 0 Å². The summed E-state index contributed by atoms with van der Waals surface area (Å²) in [5.41, 5.74) is 6.89. The number of rotatable bonds is 5. The molecule has 1 amide bonds. The molecule has 0 spiro atoms. The van der Waals surface area contributed by atoms with Gasteiger partial charge in [-0.2, -0.15) is 14.6 Å². The van der Waals surface area contributed by atoms with Crippen molar-refractivity contribution in [1.82, 2.24) is 19.2 Å². The highest BCUT2D eigenvalue weighted by molar-refractivity contribution is 7.14. The molecule has 12 nitrogen and oxygen atoms in total. The lowest BCUT2D eigenvalue weighted by molar-refractivity contribution is -0.157. The van der Waals surface area contributed by atoms with Gasteiger partial charge >= 0.3 is 0 Å². The number of aromatic nitrogens is 3. The lowest BCUT2D eigenvalue weighted by Crippen LogP contribution is -2.52. The van der Waals surface area contributed by atoms with E-state index in [-0.39, 0.29) is 24.8 Å². The van der Waals surface area contributed by atoms with Crippen LogP contribution in [0.3, 0.4) is 0 Å². The molecule has 186 valence electrons. The lowest BCUT2D eigenvalue weighted by atomic mass is 10.1. The van der Waals surface area contributed by atoms with Gasteiger partial charge in [-0.05, 0) is 54.0 Å². The van der Waals surface area contributed by atoms with Crippen molar-refractivity contribution in [2.75, 3.05) is 24.2 Å². The zero-order valence-corrected chi connectivity index (χ0v) is 20.0. The van der Waals surface area contributed by atoms with Crippen LogP contribution in [0.4, 0.5) is 11.5 Å². The van der Waals surface area contributed by atoms with Gasteiger partial charge in [0.15, 0.2) is 6.10 Å². The number of amidine groups is 1. The van der Waals surface area contributed by atoms with Crippen LogP contribution < -0.4 is 16.6 Å². The van der Waals surface area contributed by atoms with Gasteiger partial charge < -0.3 is 25.9 Å². The molecule has 0 saturated carbocycles. The molecule has 5 rings (SSSR count). The second-order valence-corrected chi connectivity index (χ2v) is 8.91. The van der Waals surface area contributed by atoms with Gasteiger partial charge in [0.1, 0.15) is 23.6 Å². The number of nitriles is 1. The zero-order valence-electron chi connectivity index (χ0n) is 19.1. The van der Waals surface area contributed by atoms with Crippen LogP contribution in [0.25, 0.3) is 21.0 Å². The van der Waals surface area contributed by atoms with Crippen molar-refractivity contribution in [3.05, 3.63) is 70.4 Å². The van der Waals surface area contributed by atoms with Crippen molar-refractivity contribution in [2.45, 2.75) is 12.2 Å². The number of carbonyl (C=O) groups is 1. The van der Waals surface area contributed by atoms with Crippen LogP contribution in [-0.2, 0) is 9.53 Å². The molecule has 1 fully saturated rings. The lowest BCUT2D eigenvalue weighted by Gasteiger charge is -2.33. The first-order valence-electron chi connectivity index (χ1n) is 11.1. The van der Waals surface area contributed by atoms with E-state index < -0.39 is 23.7 Å². The average Bonchev–Trinajstić information content (AvgIpc) is 3.29. The van der Waals surface area contributed by atoms with Crippen molar-refractivity contribution < 1.29 is 14.6 Å². The first-order chi connectivity index (χ1) is 17.9. The third-order valence-corrected chi connectivity index (χ3v) is 6.75. The maximum absolute atomic E-state index is 13.1. The van der Waals surface area contributed by atoms with E-state index in [9.17, 15) is 14.7 Å². The number of hydrogen-bond acceptors (Lipinski definition) is 11. The van der Waals surface area contributed by atoms with Gasteiger partial charge in [0.2, 0.25) is 0 Å². The van der Waals surface area contributed by atoms with E-state index in [1.54, 1.807) is 36.4 Å². The summed E-state index contributed by atoms with van der Waals surface area (Å²) in [4.78, 5) is 34.0. The van der Waals surface area contributed by atoms with Crippen LogP contribution in [0.2, 0.25) is 0 Å². The summed E-state index contributed by atoms with van der Waals surface area (Å²) in [7, 11) is 0. The fraction of sp³-hybridized carbons (Fsp3) is 0.167. The van der Waals surface area contributed by atoms with E-state index in [0.717, 1.165) is 11.5 Å². The number of nitrogens with two attached hydrogens (primary N) is 1. The van der Waals surface area contributed by atoms with Gasteiger partial charge in [-0.3, -0.25) is 19.9 Å². The second kappa shape index (κ2) is 9.78. The Bertz CT molecular complexity index is 1650. The summed E-state index contributed by atoms with van der Waals surface area (Å²) in [6.45, 7) is 0.194. The van der Waals surface area contributed by atoms with E-state index in [1.165, 1.54) is 17.2 Å². The Balaban J connectivity index is 1.33. The number of hydrogen-bond donors (Lipinski definition) is 5. The smallest absolute Gasteiger partial charge is 0.282 e. The first kappa shape index (κ1) is 24.1. The monoisotopic (exact) mass is 516 g/mol. The number of aromatic amines is 1. The number of nitrogen functional groups attached to an aromatic ring is 1. The highest BCUT2D eigenvalue weighted by Gasteiger charge is 2.38. The number of amides is 1. The molecule has 4 aromatic rings. The number of H-pyrrole nitrogens is 1. The van der Waals surface area contributed by atoms with E-state index in [0.29, 0.717) is 38.1 Å². The Hall–Kier alpha value is -4.64. The third kappa shape index (κ3) is 4.52. The minimum absolute atomic E-state index is 0.0747. The second-order valence-electron chi connectivity index (χ2n) is 8.14. The van der Waals surface area contributed by atoms with Crippen LogP contribution in [0.1, 0.15) is 17.5 Å². The number of aliphatic hydroxyl groups excluding tert-OH is 1. The minimum atomic E-state index is -1.57. The van der Waals surface area contributed by atoms with Crippen LogP contribution >= 0.6 is 11.5 Å². The summed E-state index contributed by atoms with van der Waals surface area (Å²) in [6, 6.07) is 12.1. The van der Waals surface area contributed by atoms with Crippen LogP contribution in [0, 0.1) is 16.7 Å². The zero-order chi connectivity index (χ0) is 26.1. The number of anilines is 2. The molecular weight excluding hydrogens is 496 g/mol. The summed E-state index contributed by atoms with van der Waals surface area (Å²) < 4.78 is 10.2. The number of nitrogens with one attached hydrogen (secondary N) is 3. The average molecular weight is 517 g/mol. The molecule has 0 radical (unpaired) electrons. The largest absolute Gasteiger partial charge is 0.382 e. The van der Waals surface area contributed by atoms with Crippen LogP contribution in [0.5, 0.6) is 0 Å². The van der Waals surface area contributed by atoms with E-state index in [1.807, 2.05) is 6.07 Å². The highest BCUT2D eigenvalue weighted by atomic mass is 32.1. The molecule has 2 atom stereocenters. The van der Waals surface area contributed by atoms with Crippen molar-refractivity contribution in [3.63, 3.8) is 0 Å². The van der Waals surface area contributed by atoms with Crippen molar-refractivity contribution >= 4 is 55.8 Å². The Labute approximate surface area is 213 Å². The number of benzene rings is 2. The number of aliphatic hydroxyl groups is 1. The van der Waals surface area contributed by atoms with E-state index in [4.69, 9.17) is 21.1 Å². The van der Waals surface area contributed by atoms with Crippen LogP contribution in [-0.4, -0.2) is 55.3 Å². The Morgan fingerprint density at radius 3 is 2.89 bits per heavy atom. The van der Waals surface area contributed by atoms with Gasteiger partial charge in [0.25, 0.3) is 11.5 Å². The molecule has 6 N–H and O–H groups in total. The summed E-state index contributed by atoms with van der Waals surface area (Å²) in [6.07, 6.45) is -0.0409. The maximum atomic E-state index is 13.1. The standard InChI is InChI=1S/C24H20N8O4S/c25-11-12-1-3-13(4-2-12)28-8-7-16(26)32-9-10-36-19(24(32)35)18(33)22-29-15-6-5-14-20(37-31-21(14)27)17(15)23(34)30-22/h1-8,18-19,26,28,33H,9-10H2,(H2,27,31)(H,29,30,34)/b8-7-,26-16?. The molecule has 0 aliphatic carbocycles. The predicted octanol–water partition coefficient (Wildman–Crippen LogP) is 1.85. The van der Waals surface area contributed by atoms with Gasteiger partial charge in [-0.15, -0.1) is 0 Å². The highest BCUT2D eigenvalue weighted by Crippen LogP contribution is 2.30. The number of nitrogens with zero attached hydrogens (tertiary/aromatic N) is 4. The van der Waals surface area contributed by atoms with E-state index in [2.05, 4.69) is 19.7 Å². The number of ether oxygens (including phenoxy) is 1. The SMILES string of the molecule is N#Cc1ccc(N/C=C\C(=N)N2CCOC(C(O)c3nc(=O)c4c(ccc5c(N)nsc54)[nH]3)C2=O)cc1. The summed E-state index contributed by atoms with van der Waals surface area (Å²) in [5, 5.41) is 32.0. The molecule has 2 aromatic carbocycles. The molecule has 2 aromatic heterocycles. The molecule has 3 heterocycles. The van der Waals surface area contributed by atoms with Crippen LogP contribution in [0.15, 0.2) is 53.5 Å². The minimum Gasteiger partial charge on any atom is -0.382 e. The predicted molar refractivity (Wildman–Crippen MR) is 138 cm³/mol. The quantitative estimate of drug-likeness (QED) is 0.194. The third-order valence-electron chi connectivity index (χ3n) is 5.85. The van der Waals surface area contributed by atoms with Crippen molar-refractivity contribution in [3.8, 4) is 6.07 Å². The maximum Gasteiger partial charge on any atom is 0.282 e. The topological polar surface area (TPSA) is 194 Å². The normalized spacial score (nSPS) is 16.8. The molecule has 37 heavy (non-hydrogen) atoms. The first-order valence-corrected chi connectivity index (χ1v) is 11.9. The molecule has 13 heteroatoms.